The summed E-state index contributed by atoms with van der Waals surface area (Å²) < 4.78 is 0. The van der Waals surface area contributed by atoms with Crippen molar-refractivity contribution < 1.29 is 4.79 Å². The predicted molar refractivity (Wildman–Crippen MR) is 78.3 cm³/mol. The van der Waals surface area contributed by atoms with Crippen LogP contribution in [0.15, 0.2) is 34.4 Å². The van der Waals surface area contributed by atoms with Crippen molar-refractivity contribution in [3.63, 3.8) is 0 Å². The summed E-state index contributed by atoms with van der Waals surface area (Å²) >= 11 is 0. The van der Waals surface area contributed by atoms with Crippen LogP contribution in [0.1, 0.15) is 41.5 Å². The average Bonchev–Trinajstić information content (AvgIpc) is 2.29. The van der Waals surface area contributed by atoms with Crippen molar-refractivity contribution in [1.29, 1.82) is 10.5 Å². The summed E-state index contributed by atoms with van der Waals surface area (Å²) in [5.41, 5.74) is 1.20. The minimum Gasteiger partial charge on any atom is -0.289 e. The monoisotopic (exact) mass is 268 g/mol. The quantitative estimate of drug-likeness (QED) is 0.627. The molecule has 3 heteroatoms. The van der Waals surface area contributed by atoms with Gasteiger partial charge in [-0.05, 0) is 23.0 Å². The van der Waals surface area contributed by atoms with Gasteiger partial charge in [0.25, 0.3) is 0 Å². The van der Waals surface area contributed by atoms with Crippen LogP contribution in [0, 0.1) is 33.5 Å². The van der Waals surface area contributed by atoms with E-state index in [1.807, 2.05) is 53.7 Å². The number of carbonyl (C=O) groups is 1. The van der Waals surface area contributed by atoms with Crippen molar-refractivity contribution in [3.8, 4) is 12.1 Å². The molecule has 3 nitrogen and oxygen atoms in total. The Morgan fingerprint density at radius 1 is 0.900 bits per heavy atom. The van der Waals surface area contributed by atoms with Gasteiger partial charge in [-0.15, -0.1) is 0 Å². The van der Waals surface area contributed by atoms with Gasteiger partial charge in [0.15, 0.2) is 5.78 Å². The van der Waals surface area contributed by atoms with E-state index in [1.54, 1.807) is 12.2 Å². The van der Waals surface area contributed by atoms with Gasteiger partial charge in [-0.1, -0.05) is 41.5 Å². The Morgan fingerprint density at radius 2 is 1.25 bits per heavy atom. The first-order valence-electron chi connectivity index (χ1n) is 6.56. The molecule has 0 radical (unpaired) electrons. The third kappa shape index (κ3) is 3.06. The number of carbonyl (C=O) groups excluding carboxylic acids is 1. The first kappa shape index (κ1) is 15.9. The lowest BCUT2D eigenvalue weighted by atomic mass is 9.71. The molecule has 0 aromatic rings. The van der Waals surface area contributed by atoms with Crippen LogP contribution in [0.3, 0.4) is 0 Å². The van der Waals surface area contributed by atoms with E-state index in [-0.39, 0.29) is 22.2 Å². The molecule has 20 heavy (non-hydrogen) atoms. The maximum absolute atomic E-state index is 12.6. The lowest BCUT2D eigenvalue weighted by Gasteiger charge is -2.31. The van der Waals surface area contributed by atoms with Crippen molar-refractivity contribution >= 4 is 5.78 Å². The number of allylic oxidation sites excluding steroid dienone is 6. The fourth-order valence-corrected chi connectivity index (χ4v) is 2.04. The zero-order valence-corrected chi connectivity index (χ0v) is 13.0. The molecule has 0 spiro atoms. The van der Waals surface area contributed by atoms with E-state index in [0.717, 1.165) is 0 Å². The highest BCUT2D eigenvalue weighted by Gasteiger charge is 2.34. The van der Waals surface area contributed by atoms with E-state index in [2.05, 4.69) is 0 Å². The van der Waals surface area contributed by atoms with E-state index in [9.17, 15) is 4.79 Å². The molecule has 0 saturated heterocycles. The van der Waals surface area contributed by atoms with Crippen LogP contribution in [0.2, 0.25) is 0 Å². The Balaban J connectivity index is 3.64. The highest BCUT2D eigenvalue weighted by Crippen LogP contribution is 2.39. The third-order valence-electron chi connectivity index (χ3n) is 3.22. The number of nitrogens with zero attached hydrogens (tertiary/aromatic N) is 2. The summed E-state index contributed by atoms with van der Waals surface area (Å²) in [6.07, 6.45) is 3.36. The van der Waals surface area contributed by atoms with Crippen molar-refractivity contribution in [2.45, 2.75) is 41.5 Å². The smallest absolute Gasteiger partial charge is 0.186 e. The van der Waals surface area contributed by atoms with Gasteiger partial charge in [-0.25, -0.2) is 0 Å². The van der Waals surface area contributed by atoms with Crippen molar-refractivity contribution in [2.75, 3.05) is 0 Å². The van der Waals surface area contributed by atoms with Gasteiger partial charge in [0.05, 0.1) is 0 Å². The van der Waals surface area contributed by atoms with Crippen LogP contribution < -0.4 is 0 Å². The third-order valence-corrected chi connectivity index (χ3v) is 3.22. The normalized spacial score (nSPS) is 16.0. The number of hydrogen-bond acceptors (Lipinski definition) is 3. The van der Waals surface area contributed by atoms with Gasteiger partial charge in [0, 0.05) is 16.7 Å². The molecule has 0 aliphatic heterocycles. The van der Waals surface area contributed by atoms with Crippen LogP contribution in [-0.4, -0.2) is 5.78 Å². The number of nitriles is 2. The summed E-state index contributed by atoms with van der Waals surface area (Å²) in [5, 5.41) is 18.1. The van der Waals surface area contributed by atoms with Crippen molar-refractivity contribution in [3.05, 3.63) is 34.4 Å². The summed E-state index contributed by atoms with van der Waals surface area (Å²) in [6.45, 7) is 11.7. The van der Waals surface area contributed by atoms with Gasteiger partial charge < -0.3 is 0 Å². The average molecular weight is 268 g/mol. The molecule has 0 fully saturated rings. The van der Waals surface area contributed by atoms with E-state index in [4.69, 9.17) is 10.5 Å². The minimum absolute atomic E-state index is 0.00368. The first-order chi connectivity index (χ1) is 9.02. The second-order valence-corrected chi connectivity index (χ2v) is 7.00. The minimum atomic E-state index is -0.330. The zero-order chi connectivity index (χ0) is 15.7. The number of Topliss-reactive ketones (excluding diaryl/α,β-unsaturated/α-hetero) is 1. The molecule has 1 rings (SSSR count). The first-order valence-corrected chi connectivity index (χ1v) is 6.56. The van der Waals surface area contributed by atoms with Gasteiger partial charge in [0.2, 0.25) is 0 Å². The summed E-state index contributed by atoms with van der Waals surface area (Å²) in [4.78, 5) is 12.6. The molecule has 0 aromatic heterocycles. The molecule has 0 unspecified atom stereocenters. The molecule has 0 saturated carbocycles. The molecule has 0 aromatic carbocycles. The lowest BCUT2D eigenvalue weighted by Crippen LogP contribution is -2.28. The molecule has 0 N–H and O–H groups in total. The van der Waals surface area contributed by atoms with E-state index in [0.29, 0.717) is 16.7 Å². The maximum atomic E-state index is 12.6. The molecule has 0 atom stereocenters. The Kier molecular flexibility index (Phi) is 4.06. The standard InChI is InChI=1S/C17H20N2O/c1-16(2,3)13-7-11(12(9-18)10-19)8-14(15(13)20)17(4,5)6/h7-8H,1-6H3. The Bertz CT molecular complexity index is 566. The summed E-state index contributed by atoms with van der Waals surface area (Å²) in [6, 6.07) is 3.80. The van der Waals surface area contributed by atoms with Crippen LogP contribution in [0.25, 0.3) is 0 Å². The molecule has 1 aliphatic carbocycles. The number of ketones is 1. The number of hydrogen-bond donors (Lipinski definition) is 0. The van der Waals surface area contributed by atoms with Gasteiger partial charge in [-0.2, -0.15) is 10.5 Å². The van der Waals surface area contributed by atoms with Crippen molar-refractivity contribution in [1.82, 2.24) is 0 Å². The fourth-order valence-electron chi connectivity index (χ4n) is 2.04. The molecule has 0 bridgehead atoms. The topological polar surface area (TPSA) is 64.7 Å². The summed E-state index contributed by atoms with van der Waals surface area (Å²) in [7, 11) is 0. The Hall–Kier alpha value is -2.13. The largest absolute Gasteiger partial charge is 0.289 e. The summed E-state index contributed by atoms with van der Waals surface area (Å²) in [5.74, 6) is 0.00368. The van der Waals surface area contributed by atoms with Gasteiger partial charge in [0.1, 0.15) is 17.7 Å². The van der Waals surface area contributed by atoms with Gasteiger partial charge in [-0.3, -0.25) is 4.79 Å². The fraction of sp³-hybridized carbons (Fsp3) is 0.471. The van der Waals surface area contributed by atoms with Crippen LogP contribution in [0.5, 0.6) is 0 Å². The highest BCUT2D eigenvalue weighted by atomic mass is 16.1. The molecule has 0 heterocycles. The Morgan fingerprint density at radius 3 is 1.50 bits per heavy atom. The van der Waals surface area contributed by atoms with E-state index in [1.165, 1.54) is 0 Å². The van der Waals surface area contributed by atoms with Crippen LogP contribution >= 0.6 is 0 Å². The number of rotatable bonds is 0. The van der Waals surface area contributed by atoms with Gasteiger partial charge >= 0.3 is 0 Å². The van der Waals surface area contributed by atoms with Crippen LogP contribution in [0.4, 0.5) is 0 Å². The SMILES string of the molecule is CC(C)(C)C1=CC(=C(C#N)C#N)C=C(C(C)(C)C)C1=O. The lowest BCUT2D eigenvalue weighted by molar-refractivity contribution is -0.114. The molecular weight excluding hydrogens is 248 g/mol. The second kappa shape index (κ2) is 5.10. The molecular formula is C17H20N2O. The zero-order valence-electron chi connectivity index (χ0n) is 13.0. The highest BCUT2D eigenvalue weighted by molar-refractivity contribution is 6.12. The Labute approximate surface area is 120 Å². The molecule has 1 aliphatic rings. The molecule has 0 amide bonds. The predicted octanol–water partition coefficient (Wildman–Crippen LogP) is 3.86. The van der Waals surface area contributed by atoms with E-state index < -0.39 is 0 Å². The van der Waals surface area contributed by atoms with Crippen molar-refractivity contribution in [2.24, 2.45) is 10.8 Å². The van der Waals surface area contributed by atoms with Crippen LogP contribution in [-0.2, 0) is 4.79 Å². The van der Waals surface area contributed by atoms with E-state index >= 15 is 0 Å². The molecule has 104 valence electrons. The maximum Gasteiger partial charge on any atom is 0.186 e. The second-order valence-electron chi connectivity index (χ2n) is 7.00.